The van der Waals surface area contributed by atoms with Crippen LogP contribution in [0.2, 0.25) is 0 Å². The molecule has 0 radical (unpaired) electrons. The Morgan fingerprint density at radius 2 is 2.05 bits per heavy atom. The zero-order valence-corrected chi connectivity index (χ0v) is 12.4. The second kappa shape index (κ2) is 7.89. The van der Waals surface area contributed by atoms with Crippen molar-refractivity contribution in [2.24, 2.45) is 0 Å². The van der Waals surface area contributed by atoms with Crippen LogP contribution in [0.5, 0.6) is 5.75 Å². The summed E-state index contributed by atoms with van der Waals surface area (Å²) in [5.41, 5.74) is 7.72. The number of hydrogen-bond donors (Lipinski definition) is 2. The average Bonchev–Trinajstić information content (AvgIpc) is 2.34. The van der Waals surface area contributed by atoms with Crippen LogP contribution < -0.4 is 15.8 Å². The quantitative estimate of drug-likeness (QED) is 0.709. The number of rotatable bonds is 8. The Labute approximate surface area is 116 Å². The number of anilines is 2. The van der Waals surface area contributed by atoms with Crippen molar-refractivity contribution in [3.63, 3.8) is 0 Å². The highest BCUT2D eigenvalue weighted by Gasteiger charge is 2.12. The third kappa shape index (κ3) is 4.99. The largest absolute Gasteiger partial charge is 0.489 e. The van der Waals surface area contributed by atoms with Gasteiger partial charge in [0.15, 0.2) is 0 Å². The van der Waals surface area contributed by atoms with E-state index in [4.69, 9.17) is 15.2 Å². The molecule has 0 heterocycles. The number of nitrogens with two attached hydrogens (primary N) is 1. The molecule has 1 atom stereocenters. The number of hydrogen-bond acceptors (Lipinski definition) is 4. The molecule has 0 aliphatic rings. The second-order valence-electron chi connectivity index (χ2n) is 4.97. The van der Waals surface area contributed by atoms with Crippen LogP contribution in [0.1, 0.15) is 33.6 Å². The maximum absolute atomic E-state index is 6.14. The molecule has 0 aliphatic heterocycles. The van der Waals surface area contributed by atoms with Crippen molar-refractivity contribution < 1.29 is 9.47 Å². The van der Waals surface area contributed by atoms with E-state index in [2.05, 4.69) is 12.2 Å². The van der Waals surface area contributed by atoms with Crippen LogP contribution in [0.25, 0.3) is 0 Å². The van der Waals surface area contributed by atoms with Crippen LogP contribution in [0, 0.1) is 0 Å². The molecular weight excluding hydrogens is 240 g/mol. The minimum Gasteiger partial charge on any atom is -0.489 e. The molecule has 108 valence electrons. The van der Waals surface area contributed by atoms with Crippen molar-refractivity contribution in [2.45, 2.75) is 45.8 Å². The number of para-hydroxylation sites is 1. The molecule has 1 aromatic carbocycles. The molecule has 0 saturated carbocycles. The van der Waals surface area contributed by atoms with Crippen molar-refractivity contribution in [1.82, 2.24) is 0 Å². The van der Waals surface area contributed by atoms with Crippen molar-refractivity contribution in [2.75, 3.05) is 24.8 Å². The molecule has 0 bridgehead atoms. The van der Waals surface area contributed by atoms with Crippen LogP contribution in [-0.4, -0.2) is 25.9 Å². The first-order valence-corrected chi connectivity index (χ1v) is 6.89. The Balaban J connectivity index is 2.81. The number of benzene rings is 1. The molecule has 3 N–H and O–H groups in total. The van der Waals surface area contributed by atoms with Gasteiger partial charge in [-0.15, -0.1) is 0 Å². The van der Waals surface area contributed by atoms with Gasteiger partial charge in [0.1, 0.15) is 5.75 Å². The van der Waals surface area contributed by atoms with Crippen LogP contribution in [-0.2, 0) is 4.74 Å². The lowest BCUT2D eigenvalue weighted by Gasteiger charge is -2.21. The molecule has 0 saturated heterocycles. The van der Waals surface area contributed by atoms with Crippen LogP contribution >= 0.6 is 0 Å². The Hall–Kier alpha value is -1.42. The number of nitrogen functional groups attached to an aromatic ring is 1. The summed E-state index contributed by atoms with van der Waals surface area (Å²) in [7, 11) is 1.71. The topological polar surface area (TPSA) is 56.5 Å². The van der Waals surface area contributed by atoms with Gasteiger partial charge in [-0.1, -0.05) is 19.4 Å². The average molecular weight is 266 g/mol. The fourth-order valence-electron chi connectivity index (χ4n) is 1.99. The summed E-state index contributed by atoms with van der Waals surface area (Å²) in [6.45, 7) is 6.81. The number of ether oxygens (including phenoxy) is 2. The zero-order chi connectivity index (χ0) is 14.3. The monoisotopic (exact) mass is 266 g/mol. The molecule has 4 heteroatoms. The highest BCUT2D eigenvalue weighted by Crippen LogP contribution is 2.30. The smallest absolute Gasteiger partial charge is 0.144 e. The Morgan fingerprint density at radius 1 is 1.32 bits per heavy atom. The van der Waals surface area contributed by atoms with E-state index in [1.807, 2.05) is 32.0 Å². The second-order valence-corrected chi connectivity index (χ2v) is 4.97. The summed E-state index contributed by atoms with van der Waals surface area (Å²) in [6.07, 6.45) is 2.26. The summed E-state index contributed by atoms with van der Waals surface area (Å²) in [5.74, 6) is 0.729. The van der Waals surface area contributed by atoms with E-state index in [-0.39, 0.29) is 12.1 Å². The normalized spacial score (nSPS) is 12.5. The highest BCUT2D eigenvalue weighted by molar-refractivity contribution is 5.73. The predicted octanol–water partition coefficient (Wildman–Crippen LogP) is 3.28. The lowest BCUT2D eigenvalue weighted by Crippen LogP contribution is -2.25. The minimum atomic E-state index is 0.114. The maximum Gasteiger partial charge on any atom is 0.144 e. The summed E-state index contributed by atoms with van der Waals surface area (Å²) in [4.78, 5) is 0. The summed E-state index contributed by atoms with van der Waals surface area (Å²) >= 11 is 0. The van der Waals surface area contributed by atoms with Gasteiger partial charge in [0.2, 0.25) is 0 Å². The molecule has 1 aromatic rings. The fraction of sp³-hybridized carbons (Fsp3) is 0.600. The zero-order valence-electron chi connectivity index (χ0n) is 12.4. The predicted molar refractivity (Wildman–Crippen MR) is 80.8 cm³/mol. The lowest BCUT2D eigenvalue weighted by molar-refractivity contribution is 0.182. The summed E-state index contributed by atoms with van der Waals surface area (Å²) in [5, 5.41) is 3.43. The van der Waals surface area contributed by atoms with Crippen molar-refractivity contribution >= 4 is 11.4 Å². The van der Waals surface area contributed by atoms with Gasteiger partial charge in [-0.2, -0.15) is 0 Å². The van der Waals surface area contributed by atoms with E-state index in [1.165, 1.54) is 0 Å². The van der Waals surface area contributed by atoms with E-state index in [0.717, 1.165) is 24.3 Å². The van der Waals surface area contributed by atoms with Gasteiger partial charge in [0.25, 0.3) is 0 Å². The van der Waals surface area contributed by atoms with E-state index < -0.39 is 0 Å². The fourth-order valence-corrected chi connectivity index (χ4v) is 1.99. The number of methoxy groups -OCH3 is 1. The van der Waals surface area contributed by atoms with Gasteiger partial charge in [-0.3, -0.25) is 0 Å². The third-order valence-corrected chi connectivity index (χ3v) is 2.79. The van der Waals surface area contributed by atoms with E-state index in [1.54, 1.807) is 7.11 Å². The molecule has 0 fully saturated rings. The van der Waals surface area contributed by atoms with Gasteiger partial charge in [0, 0.05) is 13.2 Å². The first-order chi connectivity index (χ1) is 9.08. The Kier molecular flexibility index (Phi) is 6.50. The summed E-state index contributed by atoms with van der Waals surface area (Å²) < 4.78 is 10.9. The van der Waals surface area contributed by atoms with Gasteiger partial charge < -0.3 is 20.5 Å². The van der Waals surface area contributed by atoms with E-state index in [9.17, 15) is 0 Å². The standard InChI is InChI=1S/C15H26N2O2/c1-5-7-12(10-18-4)17-13-8-6-9-14(15(13)16)19-11(2)3/h6,8-9,11-12,17H,5,7,10,16H2,1-4H3. The molecule has 0 aliphatic carbocycles. The molecule has 1 unspecified atom stereocenters. The van der Waals surface area contributed by atoms with E-state index in [0.29, 0.717) is 12.3 Å². The molecule has 4 nitrogen and oxygen atoms in total. The van der Waals surface area contributed by atoms with Gasteiger partial charge in [-0.25, -0.2) is 0 Å². The van der Waals surface area contributed by atoms with E-state index >= 15 is 0 Å². The third-order valence-electron chi connectivity index (χ3n) is 2.79. The molecule has 19 heavy (non-hydrogen) atoms. The van der Waals surface area contributed by atoms with Crippen molar-refractivity contribution in [1.29, 1.82) is 0 Å². The van der Waals surface area contributed by atoms with Crippen molar-refractivity contribution in [3.8, 4) is 5.75 Å². The Morgan fingerprint density at radius 3 is 2.63 bits per heavy atom. The van der Waals surface area contributed by atoms with Crippen LogP contribution in [0.3, 0.4) is 0 Å². The highest BCUT2D eigenvalue weighted by atomic mass is 16.5. The molecule has 1 rings (SSSR count). The van der Waals surface area contributed by atoms with Gasteiger partial charge in [0.05, 0.1) is 24.1 Å². The van der Waals surface area contributed by atoms with Gasteiger partial charge in [-0.05, 0) is 32.4 Å². The Bertz CT molecular complexity index is 374. The molecular formula is C15H26N2O2. The van der Waals surface area contributed by atoms with Crippen LogP contribution in [0.4, 0.5) is 11.4 Å². The first-order valence-electron chi connectivity index (χ1n) is 6.89. The molecule has 0 spiro atoms. The lowest BCUT2D eigenvalue weighted by atomic mass is 10.1. The minimum absolute atomic E-state index is 0.114. The molecule has 0 amide bonds. The van der Waals surface area contributed by atoms with Crippen LogP contribution in [0.15, 0.2) is 18.2 Å². The first kappa shape index (κ1) is 15.6. The van der Waals surface area contributed by atoms with Gasteiger partial charge >= 0.3 is 0 Å². The van der Waals surface area contributed by atoms with Crippen molar-refractivity contribution in [3.05, 3.63) is 18.2 Å². The summed E-state index contributed by atoms with van der Waals surface area (Å²) in [6, 6.07) is 6.09. The SMILES string of the molecule is CCCC(COC)Nc1cccc(OC(C)C)c1N. The molecule has 0 aromatic heterocycles. The maximum atomic E-state index is 6.14. The number of nitrogens with one attached hydrogen (secondary N) is 1.